The van der Waals surface area contributed by atoms with Crippen LogP contribution < -0.4 is 5.69 Å². The third-order valence-electron chi connectivity index (χ3n) is 3.33. The fourth-order valence-electron chi connectivity index (χ4n) is 2.28. The lowest BCUT2D eigenvalue weighted by atomic mass is 10.1. The van der Waals surface area contributed by atoms with Gasteiger partial charge in [0.15, 0.2) is 11.5 Å². The first-order valence-electron chi connectivity index (χ1n) is 6.50. The number of aromatic nitrogens is 5. The van der Waals surface area contributed by atoms with E-state index in [1.807, 2.05) is 0 Å². The molecule has 0 bridgehead atoms. The van der Waals surface area contributed by atoms with Crippen LogP contribution in [0.1, 0.15) is 5.56 Å². The van der Waals surface area contributed by atoms with Crippen LogP contribution in [-0.2, 0) is 0 Å². The summed E-state index contributed by atoms with van der Waals surface area (Å²) in [4.78, 5) is 23.4. The normalized spacial score (nSPS) is 10.9. The Morgan fingerprint density at radius 2 is 2.00 bits per heavy atom. The zero-order valence-corrected chi connectivity index (χ0v) is 11.2. The van der Waals surface area contributed by atoms with Gasteiger partial charge in [-0.3, -0.25) is 4.98 Å². The minimum Gasteiger partial charge on any atom is -0.304 e. The molecule has 0 saturated carbocycles. The van der Waals surface area contributed by atoms with E-state index in [2.05, 4.69) is 26.1 Å². The van der Waals surface area contributed by atoms with Crippen molar-refractivity contribution >= 4 is 16.7 Å². The van der Waals surface area contributed by atoms with Gasteiger partial charge in [-0.15, -0.1) is 5.10 Å². The van der Waals surface area contributed by atoms with Crippen LogP contribution >= 0.6 is 0 Å². The second kappa shape index (κ2) is 4.49. The molecule has 0 aliphatic rings. The molecule has 0 atom stereocenters. The van der Waals surface area contributed by atoms with Crippen molar-refractivity contribution in [2.75, 3.05) is 0 Å². The van der Waals surface area contributed by atoms with Crippen molar-refractivity contribution in [3.05, 3.63) is 58.6 Å². The molecule has 0 aliphatic carbocycles. The van der Waals surface area contributed by atoms with Crippen LogP contribution in [-0.4, -0.2) is 24.6 Å². The fourth-order valence-corrected chi connectivity index (χ4v) is 2.28. The summed E-state index contributed by atoms with van der Waals surface area (Å²) < 4.78 is 1.20. The fraction of sp³-hybridized carbons (Fsp3) is 0. The van der Waals surface area contributed by atoms with Gasteiger partial charge < -0.3 is 4.98 Å². The number of nitrogens with one attached hydrogen (secondary N) is 1. The lowest BCUT2D eigenvalue weighted by molar-refractivity contribution is 0.883. The van der Waals surface area contributed by atoms with E-state index in [0.29, 0.717) is 28.1 Å². The molecule has 0 radical (unpaired) electrons. The van der Waals surface area contributed by atoms with Gasteiger partial charge in [-0.05, 0) is 36.4 Å². The molecule has 0 unspecified atom stereocenters. The zero-order chi connectivity index (χ0) is 15.1. The van der Waals surface area contributed by atoms with Crippen LogP contribution in [0, 0.1) is 11.3 Å². The smallest absolute Gasteiger partial charge is 0.304 e. The lowest BCUT2D eigenvalue weighted by Crippen LogP contribution is -2.17. The number of nitrogens with zero attached hydrogens (tertiary/aromatic N) is 5. The molecule has 0 aliphatic heterocycles. The molecular formula is C15H8N6O. The summed E-state index contributed by atoms with van der Waals surface area (Å²) >= 11 is 0. The summed E-state index contributed by atoms with van der Waals surface area (Å²) in [5.41, 5.74) is 2.50. The molecule has 3 heterocycles. The molecule has 0 amide bonds. The van der Waals surface area contributed by atoms with Crippen LogP contribution in [0.2, 0.25) is 0 Å². The molecule has 22 heavy (non-hydrogen) atoms. The molecule has 1 N–H and O–H groups in total. The topological polar surface area (TPSA) is 99.7 Å². The average Bonchev–Trinajstić information content (AvgIpc) is 3.01. The van der Waals surface area contributed by atoms with Crippen LogP contribution in [0.3, 0.4) is 0 Å². The molecule has 1 aromatic carbocycles. The van der Waals surface area contributed by atoms with E-state index in [0.717, 1.165) is 5.56 Å². The van der Waals surface area contributed by atoms with Crippen molar-refractivity contribution < 1.29 is 0 Å². The standard InChI is InChI=1S/C15H8N6O/c16-8-9-3-5-10(6-4-9)13-19-14-12-11(2-1-7-17-12)18-15(22)21(14)20-13/h1-7H,(H,18,22). The Morgan fingerprint density at radius 1 is 1.18 bits per heavy atom. The molecule has 0 saturated heterocycles. The molecular weight excluding hydrogens is 280 g/mol. The summed E-state index contributed by atoms with van der Waals surface area (Å²) in [6.07, 6.45) is 1.64. The van der Waals surface area contributed by atoms with Crippen LogP contribution in [0.5, 0.6) is 0 Å². The number of aromatic amines is 1. The van der Waals surface area contributed by atoms with E-state index in [1.54, 1.807) is 42.6 Å². The summed E-state index contributed by atoms with van der Waals surface area (Å²) in [7, 11) is 0. The van der Waals surface area contributed by atoms with Crippen LogP contribution in [0.15, 0.2) is 47.4 Å². The summed E-state index contributed by atoms with van der Waals surface area (Å²) in [5.74, 6) is 0.410. The minimum atomic E-state index is -0.372. The van der Waals surface area contributed by atoms with Gasteiger partial charge in [0, 0.05) is 11.8 Å². The van der Waals surface area contributed by atoms with Crippen molar-refractivity contribution in [2.45, 2.75) is 0 Å². The number of rotatable bonds is 1. The van der Waals surface area contributed by atoms with Crippen molar-refractivity contribution in [3.8, 4) is 17.5 Å². The third kappa shape index (κ3) is 1.75. The highest BCUT2D eigenvalue weighted by atomic mass is 16.1. The monoisotopic (exact) mass is 288 g/mol. The van der Waals surface area contributed by atoms with Crippen molar-refractivity contribution in [3.63, 3.8) is 0 Å². The van der Waals surface area contributed by atoms with Crippen molar-refractivity contribution in [1.29, 1.82) is 5.26 Å². The first-order valence-corrected chi connectivity index (χ1v) is 6.50. The first kappa shape index (κ1) is 12.2. The van der Waals surface area contributed by atoms with Gasteiger partial charge in [0.1, 0.15) is 5.52 Å². The Labute approximate surface area is 123 Å². The Morgan fingerprint density at radius 3 is 2.77 bits per heavy atom. The molecule has 0 spiro atoms. The predicted molar refractivity (Wildman–Crippen MR) is 79.1 cm³/mol. The Kier molecular flexibility index (Phi) is 2.50. The van der Waals surface area contributed by atoms with Gasteiger partial charge >= 0.3 is 5.69 Å². The molecule has 7 heteroatoms. The maximum absolute atomic E-state index is 12.1. The maximum Gasteiger partial charge on any atom is 0.348 e. The third-order valence-corrected chi connectivity index (χ3v) is 3.33. The number of H-pyrrole nitrogens is 1. The number of nitriles is 1. The van der Waals surface area contributed by atoms with Crippen LogP contribution in [0.4, 0.5) is 0 Å². The highest BCUT2D eigenvalue weighted by Crippen LogP contribution is 2.18. The molecule has 4 rings (SSSR count). The quantitative estimate of drug-likeness (QED) is 0.572. The van der Waals surface area contributed by atoms with E-state index in [4.69, 9.17) is 5.26 Å². The molecule has 7 nitrogen and oxygen atoms in total. The predicted octanol–water partition coefficient (Wildman–Crippen LogP) is 1.50. The Balaban J connectivity index is 2.00. The highest BCUT2D eigenvalue weighted by molar-refractivity contribution is 5.87. The Hall–Kier alpha value is -3.53. The summed E-state index contributed by atoms with van der Waals surface area (Å²) in [5, 5.41) is 13.1. The van der Waals surface area contributed by atoms with E-state index < -0.39 is 0 Å². The SMILES string of the molecule is N#Cc1ccc(-c2nc3c4ncccc4[nH]c(=O)n3n2)cc1. The summed E-state index contributed by atoms with van der Waals surface area (Å²) in [6, 6.07) is 12.4. The van der Waals surface area contributed by atoms with Crippen molar-refractivity contribution in [2.24, 2.45) is 0 Å². The van der Waals surface area contributed by atoms with Gasteiger partial charge in [0.2, 0.25) is 0 Å². The molecule has 104 valence electrons. The molecule has 3 aromatic heterocycles. The van der Waals surface area contributed by atoms with Gasteiger partial charge in [0.25, 0.3) is 0 Å². The van der Waals surface area contributed by atoms with Gasteiger partial charge in [-0.25, -0.2) is 9.78 Å². The second-order valence-electron chi connectivity index (χ2n) is 4.69. The highest BCUT2D eigenvalue weighted by Gasteiger charge is 2.12. The number of benzene rings is 1. The van der Waals surface area contributed by atoms with Gasteiger partial charge in [0.05, 0.1) is 17.1 Å². The van der Waals surface area contributed by atoms with Crippen LogP contribution in [0.25, 0.3) is 28.1 Å². The Bertz CT molecular complexity index is 1100. The number of hydrogen-bond acceptors (Lipinski definition) is 5. The van der Waals surface area contributed by atoms with Gasteiger partial charge in [-0.1, -0.05) is 0 Å². The van der Waals surface area contributed by atoms with E-state index >= 15 is 0 Å². The van der Waals surface area contributed by atoms with E-state index in [-0.39, 0.29) is 5.69 Å². The molecule has 4 aromatic rings. The minimum absolute atomic E-state index is 0.372. The zero-order valence-electron chi connectivity index (χ0n) is 11.2. The number of pyridine rings is 1. The number of fused-ring (bicyclic) bond motifs is 3. The summed E-state index contributed by atoms with van der Waals surface area (Å²) in [6.45, 7) is 0. The van der Waals surface area contributed by atoms with Gasteiger partial charge in [-0.2, -0.15) is 9.78 Å². The van der Waals surface area contributed by atoms with E-state index in [9.17, 15) is 4.79 Å². The van der Waals surface area contributed by atoms with E-state index in [1.165, 1.54) is 4.52 Å². The largest absolute Gasteiger partial charge is 0.348 e. The maximum atomic E-state index is 12.1. The van der Waals surface area contributed by atoms with Crippen molar-refractivity contribution in [1.82, 2.24) is 24.6 Å². The first-order chi connectivity index (χ1) is 10.8. The average molecular weight is 288 g/mol. The second-order valence-corrected chi connectivity index (χ2v) is 4.69. The molecule has 0 fully saturated rings. The lowest BCUT2D eigenvalue weighted by Gasteiger charge is -1.96. The number of hydrogen-bond donors (Lipinski definition) is 1.